The van der Waals surface area contributed by atoms with Gasteiger partial charge in [-0.1, -0.05) is 32.9 Å². The molecule has 6 rings (SSSR count). The van der Waals surface area contributed by atoms with Crippen LogP contribution in [0.3, 0.4) is 0 Å². The summed E-state index contributed by atoms with van der Waals surface area (Å²) in [6.45, 7) is 16.7. The van der Waals surface area contributed by atoms with E-state index in [1.165, 1.54) is 0 Å². The molecule has 242 valence electrons. The summed E-state index contributed by atoms with van der Waals surface area (Å²) in [7, 11) is -1.96. The number of carbonyl (C=O) groups is 1. The number of hydrogen-bond donors (Lipinski definition) is 1. The minimum Gasteiger partial charge on any atom is -0.508 e. The zero-order valence-electron chi connectivity index (χ0n) is 27.4. The quantitative estimate of drug-likeness (QED) is 0.168. The zero-order valence-corrected chi connectivity index (χ0v) is 28.4. The van der Waals surface area contributed by atoms with Crippen LogP contribution in [0.15, 0.2) is 55.0 Å². The highest BCUT2D eigenvalue weighted by atomic mass is 28.4. The second kappa shape index (κ2) is 12.4. The molecule has 0 spiro atoms. The summed E-state index contributed by atoms with van der Waals surface area (Å²) in [5, 5.41) is 15.6. The number of imidazole rings is 1. The van der Waals surface area contributed by atoms with E-state index in [-0.39, 0.29) is 23.3 Å². The zero-order chi connectivity index (χ0) is 32.6. The minimum atomic E-state index is -1.96. The number of carbonyl (C=O) groups excluding carboxylic acids is 1. The molecule has 1 aliphatic heterocycles. The molecule has 0 amide bonds. The summed E-state index contributed by atoms with van der Waals surface area (Å²) < 4.78 is 15.3. The maximum Gasteiger partial charge on any atom is 0.326 e. The molecular weight excluding hydrogens is 601 g/mol. The summed E-state index contributed by atoms with van der Waals surface area (Å²) in [6.07, 6.45) is 3.47. The lowest BCUT2D eigenvalue weighted by atomic mass is 10.1. The first-order valence-electron chi connectivity index (χ1n) is 15.7. The van der Waals surface area contributed by atoms with Gasteiger partial charge in [0.15, 0.2) is 25.3 Å². The number of nitrogens with zero attached hydrogens (tertiary/aromatic N) is 8. The van der Waals surface area contributed by atoms with Crippen molar-refractivity contribution in [2.75, 3.05) is 42.6 Å². The average Bonchev–Trinajstić information content (AvgIpc) is 3.64. The third kappa shape index (κ3) is 6.16. The summed E-state index contributed by atoms with van der Waals surface area (Å²) in [4.78, 5) is 31.5. The normalized spacial score (nSPS) is 14.4. The van der Waals surface area contributed by atoms with E-state index in [0.717, 1.165) is 35.2 Å². The first kappa shape index (κ1) is 31.5. The number of aromatic hydroxyl groups is 1. The van der Waals surface area contributed by atoms with Gasteiger partial charge in [0.05, 0.1) is 31.3 Å². The van der Waals surface area contributed by atoms with Crippen LogP contribution in [0.1, 0.15) is 33.3 Å². The Morgan fingerprint density at radius 1 is 1.00 bits per heavy atom. The molecular formula is C33H42N8O4Si. The van der Waals surface area contributed by atoms with Crippen LogP contribution in [0.25, 0.3) is 27.9 Å². The van der Waals surface area contributed by atoms with Gasteiger partial charge in [-0.05, 0) is 61.0 Å². The van der Waals surface area contributed by atoms with Gasteiger partial charge in [-0.25, -0.2) is 9.67 Å². The molecule has 1 N–H and O–H groups in total. The Morgan fingerprint density at radius 2 is 1.72 bits per heavy atom. The van der Waals surface area contributed by atoms with Gasteiger partial charge in [-0.3, -0.25) is 4.79 Å². The van der Waals surface area contributed by atoms with Crippen LogP contribution in [-0.4, -0.2) is 81.5 Å². The lowest BCUT2D eigenvalue weighted by molar-refractivity contribution is -0.143. The third-order valence-corrected chi connectivity index (χ3v) is 13.6. The number of piperazine rings is 1. The lowest BCUT2D eigenvalue weighted by Gasteiger charge is -2.36. The number of benzene rings is 2. The molecule has 4 heterocycles. The smallest absolute Gasteiger partial charge is 0.326 e. The lowest BCUT2D eigenvalue weighted by Crippen LogP contribution is -2.47. The molecule has 1 saturated heterocycles. The summed E-state index contributed by atoms with van der Waals surface area (Å²) in [5.74, 6) is 0.972. The Kier molecular flexibility index (Phi) is 8.46. The molecule has 3 aromatic heterocycles. The Labute approximate surface area is 269 Å². The van der Waals surface area contributed by atoms with Crippen LogP contribution >= 0.6 is 0 Å². The maximum absolute atomic E-state index is 12.5. The van der Waals surface area contributed by atoms with Crippen molar-refractivity contribution in [2.45, 2.75) is 59.0 Å². The fourth-order valence-corrected chi connectivity index (χ4v) is 6.33. The van der Waals surface area contributed by atoms with Gasteiger partial charge in [0.2, 0.25) is 5.95 Å². The Morgan fingerprint density at radius 3 is 2.41 bits per heavy atom. The van der Waals surface area contributed by atoms with Gasteiger partial charge >= 0.3 is 5.97 Å². The van der Waals surface area contributed by atoms with Crippen LogP contribution < -0.4 is 9.80 Å². The van der Waals surface area contributed by atoms with Gasteiger partial charge in [-0.2, -0.15) is 15.1 Å². The summed E-state index contributed by atoms with van der Waals surface area (Å²) in [6, 6.07) is 13.4. The van der Waals surface area contributed by atoms with Crippen molar-refractivity contribution in [3.8, 4) is 11.6 Å². The number of rotatable bonds is 9. The molecule has 46 heavy (non-hydrogen) atoms. The molecule has 1 aliphatic rings. The standard InChI is InChI=1S/C33H42N8O4Si/c1-7-44-28(43)20-40-22-34-29-30(40)36-32(39-17-15-38(16-18-39)24-11-13-25(42)14-12-24)37-31(29)41-27-10-8-9-23(26(27)19-35-41)21-45-46(5,6)33(2,3)4/h8-14,19,22,42H,7,15-18,20-21H2,1-6H3. The number of phenols is 1. The molecule has 13 heteroatoms. The topological polar surface area (TPSA) is 124 Å². The largest absolute Gasteiger partial charge is 0.508 e. The highest BCUT2D eigenvalue weighted by molar-refractivity contribution is 6.74. The molecule has 5 aromatic rings. The van der Waals surface area contributed by atoms with Gasteiger partial charge in [-0.15, -0.1) is 0 Å². The molecule has 1 fully saturated rings. The summed E-state index contributed by atoms with van der Waals surface area (Å²) in [5.41, 5.74) is 4.09. The van der Waals surface area contributed by atoms with Gasteiger partial charge < -0.3 is 28.6 Å². The van der Waals surface area contributed by atoms with E-state index in [4.69, 9.17) is 24.2 Å². The SMILES string of the molecule is CCOC(=O)Cn1cnc2c(-n3ncc4c(CO[Si](C)(C)C(C)(C)C)cccc43)nc(N3CCN(c4ccc(O)cc4)CC3)nc21. The van der Waals surface area contributed by atoms with E-state index >= 15 is 0 Å². The average molecular weight is 643 g/mol. The Hall–Kier alpha value is -4.49. The number of esters is 1. The number of anilines is 2. The van der Waals surface area contributed by atoms with E-state index in [0.29, 0.717) is 49.2 Å². The summed E-state index contributed by atoms with van der Waals surface area (Å²) >= 11 is 0. The van der Waals surface area contributed by atoms with Crippen molar-refractivity contribution in [2.24, 2.45) is 0 Å². The van der Waals surface area contributed by atoms with Crippen molar-refractivity contribution in [3.05, 3.63) is 60.6 Å². The maximum atomic E-state index is 12.5. The number of fused-ring (bicyclic) bond motifs is 2. The van der Waals surface area contributed by atoms with Gasteiger partial charge in [0, 0.05) is 37.3 Å². The van der Waals surface area contributed by atoms with Crippen molar-refractivity contribution in [1.29, 1.82) is 0 Å². The highest BCUT2D eigenvalue weighted by Gasteiger charge is 2.37. The molecule has 0 unspecified atom stereocenters. The number of ether oxygens (including phenoxy) is 1. The van der Waals surface area contributed by atoms with Gasteiger partial charge in [0.25, 0.3) is 0 Å². The molecule has 0 aliphatic carbocycles. The van der Waals surface area contributed by atoms with E-state index in [1.807, 2.05) is 35.1 Å². The Bertz CT molecular complexity index is 1850. The van der Waals surface area contributed by atoms with E-state index < -0.39 is 8.32 Å². The molecule has 2 aromatic carbocycles. The number of aromatic nitrogens is 6. The second-order valence-corrected chi connectivity index (χ2v) is 18.0. The predicted octanol–water partition coefficient (Wildman–Crippen LogP) is 5.28. The fraction of sp³-hybridized carbons (Fsp3) is 0.424. The van der Waals surface area contributed by atoms with Crippen molar-refractivity contribution >= 4 is 48.0 Å². The predicted molar refractivity (Wildman–Crippen MR) is 181 cm³/mol. The van der Waals surface area contributed by atoms with Crippen molar-refractivity contribution < 1.29 is 19.1 Å². The van der Waals surface area contributed by atoms with Crippen LogP contribution in [0.5, 0.6) is 5.75 Å². The first-order valence-corrected chi connectivity index (χ1v) is 18.6. The first-order chi connectivity index (χ1) is 21.9. The molecule has 0 bridgehead atoms. The third-order valence-electron chi connectivity index (χ3n) is 9.12. The van der Waals surface area contributed by atoms with Crippen LogP contribution in [0, 0.1) is 0 Å². The van der Waals surface area contributed by atoms with Crippen LogP contribution in [0.4, 0.5) is 11.6 Å². The van der Waals surface area contributed by atoms with E-state index in [2.05, 4.69) is 54.7 Å². The van der Waals surface area contributed by atoms with Crippen LogP contribution in [-0.2, 0) is 27.1 Å². The minimum absolute atomic E-state index is 0.0103. The highest BCUT2D eigenvalue weighted by Crippen LogP contribution is 2.37. The van der Waals surface area contributed by atoms with E-state index in [1.54, 1.807) is 30.0 Å². The second-order valence-electron chi connectivity index (χ2n) is 13.1. The monoisotopic (exact) mass is 642 g/mol. The number of hydrogen-bond acceptors (Lipinski definition) is 10. The van der Waals surface area contributed by atoms with Crippen LogP contribution in [0.2, 0.25) is 18.1 Å². The molecule has 0 radical (unpaired) electrons. The Balaban J connectivity index is 1.37. The number of phenolic OH excluding ortho intramolecular Hbond substituents is 1. The fourth-order valence-electron chi connectivity index (χ4n) is 5.38. The van der Waals surface area contributed by atoms with Gasteiger partial charge in [0.1, 0.15) is 12.3 Å². The van der Waals surface area contributed by atoms with Crippen molar-refractivity contribution in [3.63, 3.8) is 0 Å². The molecule has 0 atom stereocenters. The van der Waals surface area contributed by atoms with Crippen molar-refractivity contribution in [1.82, 2.24) is 29.3 Å². The molecule has 0 saturated carbocycles. The van der Waals surface area contributed by atoms with E-state index in [9.17, 15) is 9.90 Å². The molecule has 12 nitrogen and oxygen atoms in total.